The van der Waals surface area contributed by atoms with Crippen LogP contribution in [-0.2, 0) is 18.4 Å². The maximum atomic E-state index is 12.5. The number of rotatable bonds is 2. The van der Waals surface area contributed by atoms with Gasteiger partial charge in [-0.3, -0.25) is 18.8 Å². The number of carbonyl (C=O) groups is 1. The molecule has 0 aromatic carbocycles. The lowest BCUT2D eigenvalue weighted by Gasteiger charge is -2.35. The van der Waals surface area contributed by atoms with Crippen molar-refractivity contribution in [2.45, 2.75) is 40.2 Å². The van der Waals surface area contributed by atoms with Gasteiger partial charge in [-0.2, -0.15) is 5.10 Å². The molecule has 130 valence electrons. The topological polar surface area (TPSA) is 73.0 Å². The highest BCUT2D eigenvalue weighted by Gasteiger charge is 2.30. The minimum atomic E-state index is -0.334. The zero-order valence-corrected chi connectivity index (χ0v) is 14.8. The van der Waals surface area contributed by atoms with Crippen LogP contribution in [0.5, 0.6) is 0 Å². The molecule has 2 aromatic rings. The fourth-order valence-corrected chi connectivity index (χ4v) is 3.27. The van der Waals surface area contributed by atoms with E-state index in [1.54, 1.807) is 28.8 Å². The molecule has 7 nitrogen and oxygen atoms in total. The number of carbonyl (C=O) groups excluding carboxylic acids is 1. The van der Waals surface area contributed by atoms with Crippen LogP contribution in [0.25, 0.3) is 11.0 Å². The van der Waals surface area contributed by atoms with Crippen LogP contribution in [0.15, 0.2) is 17.3 Å². The summed E-state index contributed by atoms with van der Waals surface area (Å²) in [6.07, 6.45) is 5.02. The monoisotopic (exact) mass is 331 g/mol. The lowest BCUT2D eigenvalue weighted by Crippen LogP contribution is -2.44. The molecule has 3 heterocycles. The smallest absolute Gasteiger partial charge is 0.264 e. The van der Waals surface area contributed by atoms with Crippen molar-refractivity contribution in [2.24, 2.45) is 18.4 Å². The van der Waals surface area contributed by atoms with Crippen LogP contribution in [0.2, 0.25) is 0 Å². The van der Waals surface area contributed by atoms with Gasteiger partial charge in [0.25, 0.3) is 5.56 Å². The van der Waals surface area contributed by atoms with Gasteiger partial charge in [-0.05, 0) is 18.8 Å². The normalized spacial score (nSPS) is 16.8. The average molecular weight is 331 g/mol. The predicted molar refractivity (Wildman–Crippen MR) is 91.5 cm³/mol. The molecule has 1 amide bonds. The summed E-state index contributed by atoms with van der Waals surface area (Å²) in [5.41, 5.74) is 0.238. The van der Waals surface area contributed by atoms with E-state index in [-0.39, 0.29) is 16.9 Å². The molecule has 0 bridgehead atoms. The third-order valence-electron chi connectivity index (χ3n) is 4.72. The lowest BCUT2D eigenvalue weighted by molar-refractivity contribution is -0.140. The molecule has 0 radical (unpaired) electrons. The number of amides is 1. The largest absolute Gasteiger partial charge is 0.342 e. The number of aryl methyl sites for hydroxylation is 1. The number of nitrogens with zero attached hydrogens (tertiary/aromatic N) is 5. The van der Waals surface area contributed by atoms with Gasteiger partial charge in [0, 0.05) is 32.1 Å². The second-order valence-electron chi connectivity index (χ2n) is 7.69. The first-order valence-electron chi connectivity index (χ1n) is 8.44. The van der Waals surface area contributed by atoms with Crippen LogP contribution in [0.3, 0.4) is 0 Å². The molecule has 1 aliphatic rings. The Morgan fingerprint density at radius 3 is 2.58 bits per heavy atom. The van der Waals surface area contributed by atoms with E-state index in [0.29, 0.717) is 23.5 Å². The maximum Gasteiger partial charge on any atom is 0.264 e. The summed E-state index contributed by atoms with van der Waals surface area (Å²) < 4.78 is 3.29. The van der Waals surface area contributed by atoms with E-state index in [0.717, 1.165) is 25.9 Å². The second-order valence-corrected chi connectivity index (χ2v) is 7.69. The quantitative estimate of drug-likeness (QED) is 0.834. The van der Waals surface area contributed by atoms with Crippen molar-refractivity contribution < 1.29 is 4.79 Å². The Bertz CT molecular complexity index is 806. The molecular formula is C17H25N5O2. The van der Waals surface area contributed by atoms with Crippen molar-refractivity contribution in [3.63, 3.8) is 0 Å². The SMILES string of the molecule is Cn1ncc2c(=O)n(CC3CCN(C(=O)C(C)(C)C)CC3)cnc21. The second kappa shape index (κ2) is 6.03. The molecular weight excluding hydrogens is 306 g/mol. The molecule has 0 atom stereocenters. The first-order valence-corrected chi connectivity index (χ1v) is 8.44. The maximum absolute atomic E-state index is 12.5. The molecule has 0 unspecified atom stereocenters. The molecule has 0 spiro atoms. The van der Waals surface area contributed by atoms with Gasteiger partial charge in [0.15, 0.2) is 5.65 Å². The van der Waals surface area contributed by atoms with Crippen molar-refractivity contribution in [2.75, 3.05) is 13.1 Å². The van der Waals surface area contributed by atoms with E-state index < -0.39 is 0 Å². The van der Waals surface area contributed by atoms with E-state index in [4.69, 9.17) is 0 Å². The fourth-order valence-electron chi connectivity index (χ4n) is 3.27. The molecule has 24 heavy (non-hydrogen) atoms. The van der Waals surface area contributed by atoms with Crippen LogP contribution in [-0.4, -0.2) is 43.2 Å². The van der Waals surface area contributed by atoms with Gasteiger partial charge in [-0.1, -0.05) is 20.8 Å². The van der Waals surface area contributed by atoms with Gasteiger partial charge >= 0.3 is 0 Å². The van der Waals surface area contributed by atoms with Gasteiger partial charge < -0.3 is 4.90 Å². The van der Waals surface area contributed by atoms with Crippen molar-refractivity contribution in [1.82, 2.24) is 24.2 Å². The zero-order valence-electron chi connectivity index (χ0n) is 14.8. The number of likely N-dealkylation sites (tertiary alicyclic amines) is 1. The first-order chi connectivity index (χ1) is 11.3. The van der Waals surface area contributed by atoms with Crippen LogP contribution in [0.1, 0.15) is 33.6 Å². The molecule has 2 aromatic heterocycles. The van der Waals surface area contributed by atoms with Crippen LogP contribution < -0.4 is 5.56 Å². The standard InChI is InChI=1S/C17H25N5O2/c1-17(2,3)16(24)21-7-5-12(6-8-21)10-22-11-18-14-13(15(22)23)9-19-20(14)4/h9,11-12H,5-8,10H2,1-4H3. The summed E-state index contributed by atoms with van der Waals surface area (Å²) in [7, 11) is 1.78. The molecule has 0 saturated carbocycles. The summed E-state index contributed by atoms with van der Waals surface area (Å²) in [5.74, 6) is 0.596. The Balaban J connectivity index is 1.68. The highest BCUT2D eigenvalue weighted by atomic mass is 16.2. The van der Waals surface area contributed by atoms with Crippen molar-refractivity contribution in [3.8, 4) is 0 Å². The number of hydrogen-bond donors (Lipinski definition) is 0. The van der Waals surface area contributed by atoms with E-state index >= 15 is 0 Å². The summed E-state index contributed by atoms with van der Waals surface area (Å²) in [4.78, 5) is 31.2. The number of aromatic nitrogens is 4. The summed E-state index contributed by atoms with van der Waals surface area (Å²) in [6, 6.07) is 0. The molecule has 0 N–H and O–H groups in total. The van der Waals surface area contributed by atoms with E-state index in [1.165, 1.54) is 0 Å². The minimum absolute atomic E-state index is 0.0405. The molecule has 1 saturated heterocycles. The Morgan fingerprint density at radius 1 is 1.29 bits per heavy atom. The van der Waals surface area contributed by atoms with E-state index in [2.05, 4.69) is 10.1 Å². The molecule has 3 rings (SSSR count). The Labute approximate surface area is 141 Å². The zero-order chi connectivity index (χ0) is 17.5. The fraction of sp³-hybridized carbons (Fsp3) is 0.647. The molecule has 1 aliphatic heterocycles. The van der Waals surface area contributed by atoms with E-state index in [9.17, 15) is 9.59 Å². The predicted octanol–water partition coefficient (Wildman–Crippen LogP) is 1.41. The van der Waals surface area contributed by atoms with Gasteiger partial charge in [-0.15, -0.1) is 0 Å². The Kier molecular flexibility index (Phi) is 4.19. The third-order valence-corrected chi connectivity index (χ3v) is 4.72. The summed E-state index contributed by atoms with van der Waals surface area (Å²) in [6.45, 7) is 8.03. The van der Waals surface area contributed by atoms with Crippen molar-refractivity contribution >= 4 is 16.9 Å². The number of piperidine rings is 1. The van der Waals surface area contributed by atoms with Crippen molar-refractivity contribution in [1.29, 1.82) is 0 Å². The average Bonchev–Trinajstić information content (AvgIpc) is 2.91. The van der Waals surface area contributed by atoms with Crippen LogP contribution >= 0.6 is 0 Å². The minimum Gasteiger partial charge on any atom is -0.342 e. The highest BCUT2D eigenvalue weighted by Crippen LogP contribution is 2.24. The molecule has 0 aliphatic carbocycles. The highest BCUT2D eigenvalue weighted by molar-refractivity contribution is 5.81. The third kappa shape index (κ3) is 3.07. The lowest BCUT2D eigenvalue weighted by atomic mass is 9.91. The van der Waals surface area contributed by atoms with Gasteiger partial charge in [0.1, 0.15) is 5.39 Å². The van der Waals surface area contributed by atoms with Crippen LogP contribution in [0.4, 0.5) is 0 Å². The summed E-state index contributed by atoms with van der Waals surface area (Å²) in [5, 5.41) is 4.65. The summed E-state index contributed by atoms with van der Waals surface area (Å²) >= 11 is 0. The number of fused-ring (bicyclic) bond motifs is 1. The van der Waals surface area contributed by atoms with Gasteiger partial charge in [-0.25, -0.2) is 4.98 Å². The number of hydrogen-bond acceptors (Lipinski definition) is 4. The molecule has 7 heteroatoms. The van der Waals surface area contributed by atoms with E-state index in [1.807, 2.05) is 25.7 Å². The first kappa shape index (κ1) is 16.7. The Hall–Kier alpha value is -2.18. The van der Waals surface area contributed by atoms with Crippen LogP contribution in [0, 0.1) is 11.3 Å². The Morgan fingerprint density at radius 2 is 1.96 bits per heavy atom. The van der Waals surface area contributed by atoms with Crippen molar-refractivity contribution in [3.05, 3.63) is 22.9 Å². The molecule has 1 fully saturated rings. The van der Waals surface area contributed by atoms with Gasteiger partial charge in [0.2, 0.25) is 5.91 Å². The van der Waals surface area contributed by atoms with Gasteiger partial charge in [0.05, 0.1) is 12.5 Å².